The molecule has 0 radical (unpaired) electrons. The molecule has 4 nitrogen and oxygen atoms in total. The van der Waals surface area contributed by atoms with Gasteiger partial charge in [-0.2, -0.15) is 0 Å². The quantitative estimate of drug-likeness (QED) is 0.891. The van der Waals surface area contributed by atoms with E-state index in [1.807, 2.05) is 37.3 Å². The van der Waals surface area contributed by atoms with Gasteiger partial charge >= 0.3 is 0 Å². The van der Waals surface area contributed by atoms with Gasteiger partial charge in [-0.15, -0.1) is 0 Å². The van der Waals surface area contributed by atoms with Gasteiger partial charge in [-0.1, -0.05) is 30.3 Å². The molecule has 2 rings (SSSR count). The van der Waals surface area contributed by atoms with Gasteiger partial charge in [0.25, 0.3) is 0 Å². The summed E-state index contributed by atoms with van der Waals surface area (Å²) in [6.07, 6.45) is 0.733. The lowest BCUT2D eigenvalue weighted by atomic mass is 10.1. The number of hydrogen-bond donors (Lipinski definition) is 2. The first-order valence-corrected chi connectivity index (χ1v) is 8.04. The Balaban J connectivity index is 2.09. The van der Waals surface area contributed by atoms with Crippen LogP contribution >= 0.6 is 0 Å². The number of halogens is 1. The topological polar surface area (TPSA) is 72.2 Å². The Morgan fingerprint density at radius 3 is 2.43 bits per heavy atom. The second-order valence-corrected chi connectivity index (χ2v) is 6.48. The Morgan fingerprint density at radius 2 is 1.86 bits per heavy atom. The van der Waals surface area contributed by atoms with Crippen LogP contribution in [0.2, 0.25) is 0 Å². The van der Waals surface area contributed by atoms with Crippen molar-refractivity contribution in [2.45, 2.75) is 24.3 Å². The summed E-state index contributed by atoms with van der Waals surface area (Å²) in [6.45, 7) is 1.93. The Kier molecular flexibility index (Phi) is 4.59. The summed E-state index contributed by atoms with van der Waals surface area (Å²) in [5.74, 6) is -0.638. The van der Waals surface area contributed by atoms with Gasteiger partial charge in [-0.3, -0.25) is 0 Å². The number of sulfonamides is 1. The van der Waals surface area contributed by atoms with Crippen molar-refractivity contribution in [1.82, 2.24) is 0 Å². The predicted octanol–water partition coefficient (Wildman–Crippen LogP) is 2.52. The minimum atomic E-state index is -3.89. The van der Waals surface area contributed by atoms with Crippen LogP contribution in [-0.4, -0.2) is 14.5 Å². The number of hydrogen-bond acceptors (Lipinski definition) is 3. The van der Waals surface area contributed by atoms with Gasteiger partial charge in [-0.05, 0) is 37.1 Å². The largest absolute Gasteiger partial charge is 0.380 e. The molecule has 112 valence electrons. The van der Waals surface area contributed by atoms with Crippen LogP contribution < -0.4 is 10.5 Å². The van der Waals surface area contributed by atoms with Gasteiger partial charge in [0.05, 0.1) is 10.6 Å². The Labute approximate surface area is 123 Å². The molecule has 0 aromatic heterocycles. The Morgan fingerprint density at radius 1 is 1.19 bits per heavy atom. The highest BCUT2D eigenvalue weighted by molar-refractivity contribution is 7.89. The van der Waals surface area contributed by atoms with Crippen LogP contribution in [-0.2, 0) is 16.4 Å². The van der Waals surface area contributed by atoms with E-state index in [4.69, 9.17) is 5.14 Å². The lowest BCUT2D eigenvalue weighted by molar-refractivity contribution is 0.592. The first kappa shape index (κ1) is 15.5. The van der Waals surface area contributed by atoms with Crippen LogP contribution in [0.15, 0.2) is 53.4 Å². The van der Waals surface area contributed by atoms with Crippen LogP contribution in [0.3, 0.4) is 0 Å². The molecule has 0 heterocycles. The summed E-state index contributed by atoms with van der Waals surface area (Å²) in [6, 6.07) is 13.4. The zero-order valence-corrected chi connectivity index (χ0v) is 12.4. The number of nitrogens with two attached hydrogens (primary N) is 1. The average molecular weight is 308 g/mol. The molecule has 1 atom stereocenters. The number of nitrogens with one attached hydrogen (secondary N) is 1. The molecule has 0 bridgehead atoms. The summed E-state index contributed by atoms with van der Waals surface area (Å²) in [5.41, 5.74) is 1.39. The van der Waals surface area contributed by atoms with E-state index in [1.165, 1.54) is 12.1 Å². The molecule has 21 heavy (non-hydrogen) atoms. The highest BCUT2D eigenvalue weighted by Crippen LogP contribution is 2.19. The van der Waals surface area contributed by atoms with Gasteiger partial charge < -0.3 is 5.32 Å². The number of benzene rings is 2. The molecular formula is C15H17FN2O2S. The zero-order chi connectivity index (χ0) is 15.5. The first-order chi connectivity index (χ1) is 9.86. The van der Waals surface area contributed by atoms with Crippen molar-refractivity contribution in [1.29, 1.82) is 0 Å². The molecule has 2 aromatic rings. The molecule has 0 spiro atoms. The number of primary sulfonamides is 1. The SMILES string of the molecule is CC(Cc1ccccc1)Nc1ccc(S(N)(=O)=O)cc1F. The molecule has 0 aliphatic heterocycles. The van der Waals surface area contributed by atoms with Crippen molar-refractivity contribution in [3.05, 3.63) is 59.9 Å². The third kappa shape index (κ3) is 4.27. The molecule has 0 amide bonds. The van der Waals surface area contributed by atoms with Gasteiger partial charge in [0, 0.05) is 6.04 Å². The fourth-order valence-electron chi connectivity index (χ4n) is 2.07. The minimum absolute atomic E-state index is 0.00207. The number of anilines is 1. The zero-order valence-electron chi connectivity index (χ0n) is 11.6. The summed E-state index contributed by atoms with van der Waals surface area (Å²) in [4.78, 5) is -0.235. The summed E-state index contributed by atoms with van der Waals surface area (Å²) in [7, 11) is -3.89. The smallest absolute Gasteiger partial charge is 0.238 e. The summed E-state index contributed by atoms with van der Waals surface area (Å²) >= 11 is 0. The van der Waals surface area contributed by atoms with Crippen molar-refractivity contribution < 1.29 is 12.8 Å². The van der Waals surface area contributed by atoms with Crippen LogP contribution in [0.5, 0.6) is 0 Å². The fraction of sp³-hybridized carbons (Fsp3) is 0.200. The molecule has 6 heteroatoms. The average Bonchev–Trinajstić information content (AvgIpc) is 2.41. The molecule has 0 aliphatic rings. The van der Waals surface area contributed by atoms with Gasteiger partial charge in [0.1, 0.15) is 5.82 Å². The van der Waals surface area contributed by atoms with Crippen molar-refractivity contribution in [2.75, 3.05) is 5.32 Å². The second kappa shape index (κ2) is 6.24. The second-order valence-electron chi connectivity index (χ2n) is 4.92. The van der Waals surface area contributed by atoms with Crippen LogP contribution in [0, 0.1) is 5.82 Å². The molecule has 2 aromatic carbocycles. The van der Waals surface area contributed by atoms with Crippen molar-refractivity contribution in [3.8, 4) is 0 Å². The normalized spacial score (nSPS) is 12.9. The molecule has 0 aliphatic carbocycles. The fourth-order valence-corrected chi connectivity index (χ4v) is 2.60. The van der Waals surface area contributed by atoms with E-state index in [-0.39, 0.29) is 16.6 Å². The lowest BCUT2D eigenvalue weighted by Crippen LogP contribution is -2.19. The van der Waals surface area contributed by atoms with E-state index in [1.54, 1.807) is 0 Å². The highest BCUT2D eigenvalue weighted by Gasteiger charge is 2.13. The van der Waals surface area contributed by atoms with Crippen molar-refractivity contribution in [3.63, 3.8) is 0 Å². The standard InChI is InChI=1S/C15H17FN2O2S/c1-11(9-12-5-3-2-4-6-12)18-15-8-7-13(10-14(15)16)21(17,19)20/h2-8,10-11,18H,9H2,1H3,(H2,17,19,20). The maximum atomic E-state index is 13.9. The molecule has 0 fully saturated rings. The van der Waals surface area contributed by atoms with Crippen molar-refractivity contribution >= 4 is 15.7 Å². The third-order valence-corrected chi connectivity index (χ3v) is 3.97. The van der Waals surface area contributed by atoms with E-state index in [0.29, 0.717) is 0 Å². The van der Waals surface area contributed by atoms with Gasteiger partial charge in [0.2, 0.25) is 10.0 Å². The van der Waals surface area contributed by atoms with E-state index in [0.717, 1.165) is 18.1 Å². The molecular weight excluding hydrogens is 291 g/mol. The highest BCUT2D eigenvalue weighted by atomic mass is 32.2. The monoisotopic (exact) mass is 308 g/mol. The van der Waals surface area contributed by atoms with Crippen LogP contribution in [0.25, 0.3) is 0 Å². The van der Waals surface area contributed by atoms with E-state index in [2.05, 4.69) is 5.32 Å². The summed E-state index contributed by atoms with van der Waals surface area (Å²) < 4.78 is 36.2. The number of rotatable bonds is 5. The maximum Gasteiger partial charge on any atom is 0.238 e. The molecule has 0 saturated heterocycles. The van der Waals surface area contributed by atoms with E-state index >= 15 is 0 Å². The first-order valence-electron chi connectivity index (χ1n) is 6.49. The summed E-state index contributed by atoms with van der Waals surface area (Å²) in [5, 5.41) is 7.99. The predicted molar refractivity (Wildman–Crippen MR) is 81.0 cm³/mol. The Hall–Kier alpha value is -1.92. The molecule has 3 N–H and O–H groups in total. The van der Waals surface area contributed by atoms with Gasteiger partial charge in [-0.25, -0.2) is 17.9 Å². The maximum absolute atomic E-state index is 13.9. The third-order valence-electron chi connectivity index (χ3n) is 3.06. The van der Waals surface area contributed by atoms with Crippen LogP contribution in [0.4, 0.5) is 10.1 Å². The van der Waals surface area contributed by atoms with E-state index in [9.17, 15) is 12.8 Å². The molecule has 1 unspecified atom stereocenters. The Bertz CT molecular complexity index is 718. The minimum Gasteiger partial charge on any atom is -0.380 e. The van der Waals surface area contributed by atoms with E-state index < -0.39 is 15.8 Å². The lowest BCUT2D eigenvalue weighted by Gasteiger charge is -2.16. The van der Waals surface area contributed by atoms with Crippen molar-refractivity contribution in [2.24, 2.45) is 5.14 Å². The van der Waals surface area contributed by atoms with Crippen LogP contribution in [0.1, 0.15) is 12.5 Å². The molecule has 0 saturated carbocycles. The van der Waals surface area contributed by atoms with Gasteiger partial charge in [0.15, 0.2) is 0 Å².